The largest absolute Gasteiger partial charge is 0.326 e. The quantitative estimate of drug-likeness (QED) is 0.922. The van der Waals surface area contributed by atoms with Crippen LogP contribution in [0, 0.1) is 6.92 Å². The highest BCUT2D eigenvalue weighted by Gasteiger charge is 2.40. The topological polar surface area (TPSA) is 63.4 Å². The smallest absolute Gasteiger partial charge is 0.243 e. The molecule has 1 aromatic carbocycles. The first-order chi connectivity index (χ1) is 8.79. The van der Waals surface area contributed by atoms with Crippen molar-refractivity contribution >= 4 is 10.0 Å². The highest BCUT2D eigenvalue weighted by molar-refractivity contribution is 7.89. The fourth-order valence-electron chi connectivity index (χ4n) is 2.71. The average molecular weight is 282 g/mol. The summed E-state index contributed by atoms with van der Waals surface area (Å²) in [6.07, 6.45) is 1.83. The minimum Gasteiger partial charge on any atom is -0.326 e. The molecule has 0 unspecified atom stereocenters. The molecule has 1 saturated heterocycles. The summed E-state index contributed by atoms with van der Waals surface area (Å²) in [5.74, 6) is 0. The second-order valence-electron chi connectivity index (χ2n) is 5.79. The van der Waals surface area contributed by atoms with Crippen LogP contribution in [0.25, 0.3) is 0 Å². The molecular formula is C14H22N2O2S. The van der Waals surface area contributed by atoms with E-state index < -0.39 is 10.0 Å². The molecule has 0 amide bonds. The van der Waals surface area contributed by atoms with E-state index in [4.69, 9.17) is 5.73 Å². The van der Waals surface area contributed by atoms with Gasteiger partial charge in [-0.25, -0.2) is 8.42 Å². The lowest BCUT2D eigenvalue weighted by molar-refractivity contribution is 0.291. The first-order valence-electron chi connectivity index (χ1n) is 6.61. The molecular weight excluding hydrogens is 260 g/mol. The van der Waals surface area contributed by atoms with E-state index in [1.165, 1.54) is 0 Å². The van der Waals surface area contributed by atoms with Crippen LogP contribution >= 0.6 is 0 Å². The zero-order chi connectivity index (χ0) is 14.3. The summed E-state index contributed by atoms with van der Waals surface area (Å²) in [5.41, 5.74) is 7.24. The number of hydrogen-bond donors (Lipinski definition) is 1. The van der Waals surface area contributed by atoms with Crippen molar-refractivity contribution in [3.05, 3.63) is 29.3 Å². The van der Waals surface area contributed by atoms with Crippen molar-refractivity contribution in [2.75, 3.05) is 6.54 Å². The van der Waals surface area contributed by atoms with Crippen molar-refractivity contribution in [3.8, 4) is 0 Å². The molecule has 0 bridgehead atoms. The Morgan fingerprint density at radius 3 is 2.53 bits per heavy atom. The molecule has 0 radical (unpaired) electrons. The minimum atomic E-state index is -3.40. The molecule has 0 aliphatic carbocycles. The van der Waals surface area contributed by atoms with E-state index in [1.807, 2.05) is 26.8 Å². The van der Waals surface area contributed by atoms with E-state index in [1.54, 1.807) is 16.4 Å². The molecule has 1 aliphatic rings. The van der Waals surface area contributed by atoms with Gasteiger partial charge in [-0.3, -0.25) is 0 Å². The van der Waals surface area contributed by atoms with E-state index in [-0.39, 0.29) is 5.54 Å². The summed E-state index contributed by atoms with van der Waals surface area (Å²) in [4.78, 5) is 0.372. The summed E-state index contributed by atoms with van der Waals surface area (Å²) < 4.78 is 27.0. The van der Waals surface area contributed by atoms with Gasteiger partial charge in [-0.05, 0) is 56.9 Å². The molecule has 2 rings (SSSR count). The maximum Gasteiger partial charge on any atom is 0.243 e. The lowest BCUT2D eigenvalue weighted by Crippen LogP contribution is -2.42. The van der Waals surface area contributed by atoms with Gasteiger partial charge in [-0.15, -0.1) is 0 Å². The van der Waals surface area contributed by atoms with E-state index in [2.05, 4.69) is 0 Å². The van der Waals surface area contributed by atoms with Crippen LogP contribution < -0.4 is 5.73 Å². The van der Waals surface area contributed by atoms with Gasteiger partial charge in [0.05, 0.1) is 4.90 Å². The van der Waals surface area contributed by atoms with E-state index in [0.717, 1.165) is 24.0 Å². The summed E-state index contributed by atoms with van der Waals surface area (Å²) in [6, 6.07) is 5.20. The predicted octanol–water partition coefficient (Wildman–Crippen LogP) is 2.02. The zero-order valence-corrected chi connectivity index (χ0v) is 12.6. The molecule has 1 aliphatic heterocycles. The fraction of sp³-hybridized carbons (Fsp3) is 0.571. The Hall–Kier alpha value is -0.910. The van der Waals surface area contributed by atoms with Crippen molar-refractivity contribution in [1.29, 1.82) is 0 Å². The minimum absolute atomic E-state index is 0.292. The van der Waals surface area contributed by atoms with Gasteiger partial charge in [-0.1, -0.05) is 6.07 Å². The number of rotatable bonds is 3. The molecule has 0 spiro atoms. The highest BCUT2D eigenvalue weighted by Crippen LogP contribution is 2.34. The number of benzene rings is 1. The fourth-order valence-corrected chi connectivity index (χ4v) is 4.64. The van der Waals surface area contributed by atoms with Crippen LogP contribution in [-0.4, -0.2) is 24.8 Å². The first-order valence-corrected chi connectivity index (χ1v) is 8.05. The van der Waals surface area contributed by atoms with Crippen LogP contribution in [-0.2, 0) is 16.6 Å². The Morgan fingerprint density at radius 2 is 2.05 bits per heavy atom. The first kappa shape index (κ1) is 14.5. The molecule has 1 aromatic rings. The third-order valence-electron chi connectivity index (χ3n) is 3.95. The normalized spacial score (nSPS) is 19.8. The van der Waals surface area contributed by atoms with E-state index in [0.29, 0.717) is 18.0 Å². The number of hydrogen-bond acceptors (Lipinski definition) is 3. The number of nitrogens with two attached hydrogens (primary N) is 1. The van der Waals surface area contributed by atoms with Gasteiger partial charge in [-0.2, -0.15) is 4.31 Å². The molecule has 2 N–H and O–H groups in total. The number of nitrogens with zero attached hydrogens (tertiary/aromatic N) is 1. The summed E-state index contributed by atoms with van der Waals surface area (Å²) in [7, 11) is -3.40. The zero-order valence-electron chi connectivity index (χ0n) is 11.8. The van der Waals surface area contributed by atoms with E-state index >= 15 is 0 Å². The Morgan fingerprint density at radius 1 is 1.37 bits per heavy atom. The van der Waals surface area contributed by atoms with Gasteiger partial charge in [0.2, 0.25) is 10.0 Å². The summed E-state index contributed by atoms with van der Waals surface area (Å²) in [6.45, 7) is 6.90. The lowest BCUT2D eigenvalue weighted by atomic mass is 10.0. The van der Waals surface area contributed by atoms with Gasteiger partial charge in [0.1, 0.15) is 0 Å². The van der Waals surface area contributed by atoms with Crippen molar-refractivity contribution in [3.63, 3.8) is 0 Å². The summed E-state index contributed by atoms with van der Waals surface area (Å²) >= 11 is 0. The Bertz CT molecular complexity index is 579. The van der Waals surface area contributed by atoms with Crippen molar-refractivity contribution in [2.24, 2.45) is 5.73 Å². The third kappa shape index (κ3) is 2.55. The second-order valence-corrected chi connectivity index (χ2v) is 7.65. The van der Waals surface area contributed by atoms with Gasteiger partial charge in [0.15, 0.2) is 0 Å². The molecule has 5 heteroatoms. The Labute approximate surface area is 115 Å². The Kier molecular flexibility index (Phi) is 3.73. The number of aryl methyl sites for hydroxylation is 1. The van der Waals surface area contributed by atoms with Crippen LogP contribution in [0.4, 0.5) is 0 Å². The van der Waals surface area contributed by atoms with Crippen LogP contribution in [0.2, 0.25) is 0 Å². The Balaban J connectivity index is 2.43. The second kappa shape index (κ2) is 4.89. The standard InChI is InChI=1S/C14H22N2O2S/c1-11-9-13(6-5-12(11)10-15)19(17,18)16-8-4-7-14(16,2)3/h5-6,9H,4,7-8,10,15H2,1-3H3. The van der Waals surface area contributed by atoms with Gasteiger partial charge in [0.25, 0.3) is 0 Å². The molecule has 4 nitrogen and oxygen atoms in total. The van der Waals surface area contributed by atoms with Crippen LogP contribution in [0.3, 0.4) is 0 Å². The average Bonchev–Trinajstić information content (AvgIpc) is 2.69. The molecule has 1 fully saturated rings. The molecule has 0 aromatic heterocycles. The molecule has 106 valence electrons. The number of sulfonamides is 1. The predicted molar refractivity (Wildman–Crippen MR) is 76.3 cm³/mol. The lowest BCUT2D eigenvalue weighted by Gasteiger charge is -2.30. The van der Waals surface area contributed by atoms with E-state index in [9.17, 15) is 8.42 Å². The summed E-state index contributed by atoms with van der Waals surface area (Å²) in [5, 5.41) is 0. The maximum atomic E-state index is 12.7. The molecule has 0 saturated carbocycles. The highest BCUT2D eigenvalue weighted by atomic mass is 32.2. The van der Waals surface area contributed by atoms with Crippen molar-refractivity contribution in [1.82, 2.24) is 4.31 Å². The van der Waals surface area contributed by atoms with Crippen LogP contribution in [0.15, 0.2) is 23.1 Å². The third-order valence-corrected chi connectivity index (χ3v) is 6.05. The molecule has 19 heavy (non-hydrogen) atoms. The van der Waals surface area contributed by atoms with Crippen molar-refractivity contribution < 1.29 is 8.42 Å². The SMILES string of the molecule is Cc1cc(S(=O)(=O)N2CCCC2(C)C)ccc1CN. The van der Waals surface area contributed by atoms with Crippen LogP contribution in [0.5, 0.6) is 0 Å². The maximum absolute atomic E-state index is 12.7. The monoisotopic (exact) mass is 282 g/mol. The van der Waals surface area contributed by atoms with Gasteiger partial charge in [0, 0.05) is 18.6 Å². The molecule has 1 heterocycles. The van der Waals surface area contributed by atoms with Crippen molar-refractivity contribution in [2.45, 2.75) is 50.6 Å². The van der Waals surface area contributed by atoms with Gasteiger partial charge >= 0.3 is 0 Å². The van der Waals surface area contributed by atoms with Gasteiger partial charge < -0.3 is 5.73 Å². The van der Waals surface area contributed by atoms with Crippen LogP contribution in [0.1, 0.15) is 37.8 Å². The molecule has 0 atom stereocenters.